The summed E-state index contributed by atoms with van der Waals surface area (Å²) in [4.78, 5) is 12.1. The average Bonchev–Trinajstić information content (AvgIpc) is 2.46. The molecule has 0 aromatic carbocycles. The number of Topliss-reactive ketones (excluding diaryl/α,β-unsaturated/α-hetero) is 1. The fourth-order valence-corrected chi connectivity index (χ4v) is 3.26. The molecule has 0 N–H and O–H groups in total. The Kier molecular flexibility index (Phi) is 15.3. The van der Waals surface area contributed by atoms with Gasteiger partial charge in [0.1, 0.15) is 5.78 Å². The van der Waals surface area contributed by atoms with E-state index in [2.05, 4.69) is 27.7 Å². The molecule has 22 heavy (non-hydrogen) atoms. The van der Waals surface area contributed by atoms with E-state index in [4.69, 9.17) is 0 Å². The highest BCUT2D eigenvalue weighted by molar-refractivity contribution is 5.78. The van der Waals surface area contributed by atoms with Crippen molar-refractivity contribution in [3.05, 3.63) is 0 Å². The molecule has 0 aliphatic carbocycles. The molecule has 1 heteroatoms. The summed E-state index contributed by atoms with van der Waals surface area (Å²) in [6.07, 6.45) is 17.5. The Labute approximate surface area is 140 Å². The maximum atomic E-state index is 12.1. The van der Waals surface area contributed by atoms with E-state index in [-0.39, 0.29) is 0 Å². The molecule has 132 valence electrons. The monoisotopic (exact) mass is 310 g/mol. The van der Waals surface area contributed by atoms with Crippen molar-refractivity contribution < 1.29 is 4.79 Å². The molecule has 0 saturated carbocycles. The van der Waals surface area contributed by atoms with Crippen LogP contribution in [0.15, 0.2) is 0 Å². The summed E-state index contributed by atoms with van der Waals surface area (Å²) >= 11 is 0. The second kappa shape index (κ2) is 15.6. The molecule has 1 nitrogen and oxygen atoms in total. The van der Waals surface area contributed by atoms with Crippen LogP contribution in [-0.4, -0.2) is 5.78 Å². The Hall–Kier alpha value is -0.330. The largest absolute Gasteiger partial charge is 0.300 e. The highest BCUT2D eigenvalue weighted by atomic mass is 16.1. The van der Waals surface area contributed by atoms with Crippen LogP contribution >= 0.6 is 0 Å². The molecule has 0 spiro atoms. The summed E-state index contributed by atoms with van der Waals surface area (Å²) < 4.78 is 0. The zero-order chi connectivity index (χ0) is 16.6. The van der Waals surface area contributed by atoms with Crippen molar-refractivity contribution in [1.82, 2.24) is 0 Å². The Morgan fingerprint density at radius 1 is 0.636 bits per heavy atom. The Balaban J connectivity index is 3.56. The molecule has 2 unspecified atom stereocenters. The number of carbonyl (C=O) groups excluding carboxylic acids is 1. The molecule has 2 atom stereocenters. The summed E-state index contributed by atoms with van der Waals surface area (Å²) in [7, 11) is 0. The lowest BCUT2D eigenvalue weighted by atomic mass is 9.91. The molecule has 0 aliphatic heterocycles. The van der Waals surface area contributed by atoms with Gasteiger partial charge in [-0.05, 0) is 11.8 Å². The van der Waals surface area contributed by atoms with E-state index >= 15 is 0 Å². The molecule has 0 heterocycles. The number of hydrogen-bond donors (Lipinski definition) is 0. The highest BCUT2D eigenvalue weighted by Gasteiger charge is 2.12. The number of ketones is 1. The van der Waals surface area contributed by atoms with Crippen molar-refractivity contribution in [3.8, 4) is 0 Å². The normalized spacial score (nSPS) is 14.0. The molecule has 0 saturated heterocycles. The van der Waals surface area contributed by atoms with Crippen LogP contribution in [0.5, 0.6) is 0 Å². The minimum absolute atomic E-state index is 0.502. The summed E-state index contributed by atoms with van der Waals surface area (Å²) in [5.74, 6) is 1.68. The maximum absolute atomic E-state index is 12.1. The molecule has 0 fully saturated rings. The Bertz CT molecular complexity index is 222. The summed E-state index contributed by atoms with van der Waals surface area (Å²) in [6, 6.07) is 0. The van der Waals surface area contributed by atoms with E-state index in [0.29, 0.717) is 17.6 Å². The summed E-state index contributed by atoms with van der Waals surface area (Å²) in [5, 5.41) is 0. The quantitative estimate of drug-likeness (QED) is 0.273. The average molecular weight is 311 g/mol. The van der Waals surface area contributed by atoms with Gasteiger partial charge in [0, 0.05) is 12.8 Å². The van der Waals surface area contributed by atoms with Crippen LogP contribution in [0, 0.1) is 11.8 Å². The van der Waals surface area contributed by atoms with Crippen molar-refractivity contribution in [3.63, 3.8) is 0 Å². The second-order valence-corrected chi connectivity index (χ2v) is 7.56. The zero-order valence-electron chi connectivity index (χ0n) is 16.0. The third kappa shape index (κ3) is 14.6. The molecule has 0 amide bonds. The fraction of sp³-hybridized carbons (Fsp3) is 0.952. The van der Waals surface area contributed by atoms with E-state index in [9.17, 15) is 4.79 Å². The lowest BCUT2D eigenvalue weighted by Crippen LogP contribution is -2.10. The van der Waals surface area contributed by atoms with Crippen LogP contribution in [0.3, 0.4) is 0 Å². The topological polar surface area (TPSA) is 17.1 Å². The molecule has 0 aliphatic rings. The van der Waals surface area contributed by atoms with E-state index in [1.807, 2.05) is 0 Å². The summed E-state index contributed by atoms with van der Waals surface area (Å²) in [6.45, 7) is 9.03. The minimum atomic E-state index is 0.502. The second-order valence-electron chi connectivity index (χ2n) is 7.56. The molecule has 0 aromatic rings. The molecule has 0 rings (SSSR count). The first-order valence-electron chi connectivity index (χ1n) is 10.1. The van der Waals surface area contributed by atoms with E-state index in [0.717, 1.165) is 12.8 Å². The Morgan fingerprint density at radius 3 is 1.36 bits per heavy atom. The van der Waals surface area contributed by atoms with Crippen molar-refractivity contribution in [2.75, 3.05) is 0 Å². The van der Waals surface area contributed by atoms with Gasteiger partial charge in [0.25, 0.3) is 0 Å². The van der Waals surface area contributed by atoms with Crippen LogP contribution < -0.4 is 0 Å². The summed E-state index contributed by atoms with van der Waals surface area (Å²) in [5.41, 5.74) is 0. The van der Waals surface area contributed by atoms with Gasteiger partial charge in [0.05, 0.1) is 0 Å². The first-order chi connectivity index (χ1) is 10.6. The fourth-order valence-electron chi connectivity index (χ4n) is 3.26. The van der Waals surface area contributed by atoms with Crippen LogP contribution in [0.1, 0.15) is 118 Å². The molecule has 0 radical (unpaired) electrons. The van der Waals surface area contributed by atoms with E-state index in [1.54, 1.807) is 0 Å². The van der Waals surface area contributed by atoms with Crippen LogP contribution in [0.4, 0.5) is 0 Å². The SMILES string of the molecule is CCCCCCCC(C)CC(=O)CC(C)CCCCCCC. The molecular formula is C21H42O. The third-order valence-corrected chi connectivity index (χ3v) is 4.75. The van der Waals surface area contributed by atoms with Crippen molar-refractivity contribution >= 4 is 5.78 Å². The van der Waals surface area contributed by atoms with Gasteiger partial charge in [-0.2, -0.15) is 0 Å². The first kappa shape index (κ1) is 21.7. The van der Waals surface area contributed by atoms with Crippen molar-refractivity contribution in [2.45, 2.75) is 118 Å². The van der Waals surface area contributed by atoms with Gasteiger partial charge in [-0.3, -0.25) is 4.79 Å². The van der Waals surface area contributed by atoms with Gasteiger partial charge >= 0.3 is 0 Å². The van der Waals surface area contributed by atoms with Crippen molar-refractivity contribution in [1.29, 1.82) is 0 Å². The van der Waals surface area contributed by atoms with Gasteiger partial charge in [-0.25, -0.2) is 0 Å². The highest BCUT2D eigenvalue weighted by Crippen LogP contribution is 2.19. The zero-order valence-corrected chi connectivity index (χ0v) is 16.0. The molecule has 0 aromatic heterocycles. The van der Waals surface area contributed by atoms with Gasteiger partial charge in [0.2, 0.25) is 0 Å². The van der Waals surface area contributed by atoms with E-state index < -0.39 is 0 Å². The van der Waals surface area contributed by atoms with Gasteiger partial charge in [-0.1, -0.05) is 105 Å². The van der Waals surface area contributed by atoms with E-state index in [1.165, 1.54) is 77.0 Å². The van der Waals surface area contributed by atoms with Gasteiger partial charge in [0.15, 0.2) is 0 Å². The minimum Gasteiger partial charge on any atom is -0.300 e. The molecule has 0 bridgehead atoms. The van der Waals surface area contributed by atoms with Crippen LogP contribution in [0.2, 0.25) is 0 Å². The lowest BCUT2D eigenvalue weighted by Gasteiger charge is -2.14. The number of carbonyl (C=O) groups is 1. The predicted octanol–water partition coefficient (Wildman–Crippen LogP) is 7.33. The Morgan fingerprint density at radius 2 is 1.00 bits per heavy atom. The smallest absolute Gasteiger partial charge is 0.133 e. The third-order valence-electron chi connectivity index (χ3n) is 4.75. The van der Waals surface area contributed by atoms with Crippen molar-refractivity contribution in [2.24, 2.45) is 11.8 Å². The lowest BCUT2D eigenvalue weighted by molar-refractivity contribution is -0.120. The first-order valence-corrected chi connectivity index (χ1v) is 10.1. The van der Waals surface area contributed by atoms with Crippen LogP contribution in [-0.2, 0) is 4.79 Å². The van der Waals surface area contributed by atoms with Gasteiger partial charge in [-0.15, -0.1) is 0 Å². The maximum Gasteiger partial charge on any atom is 0.133 e. The predicted molar refractivity (Wildman–Crippen MR) is 99.3 cm³/mol. The number of hydrogen-bond acceptors (Lipinski definition) is 1. The number of rotatable bonds is 16. The standard InChI is InChI=1S/C21H42O/c1-5-7-9-11-13-15-19(3)17-21(22)18-20(4)16-14-12-10-8-6-2/h19-20H,5-18H2,1-4H3. The van der Waals surface area contributed by atoms with Crippen LogP contribution in [0.25, 0.3) is 0 Å². The molecular weight excluding hydrogens is 268 g/mol. The van der Waals surface area contributed by atoms with Gasteiger partial charge < -0.3 is 0 Å². The number of unbranched alkanes of at least 4 members (excludes halogenated alkanes) is 8.